The molecule has 4 aliphatic carbocycles. The van der Waals surface area contributed by atoms with Crippen LogP contribution in [0.2, 0.25) is 0 Å². The van der Waals surface area contributed by atoms with Crippen LogP contribution in [0.4, 0.5) is 0 Å². The summed E-state index contributed by atoms with van der Waals surface area (Å²) in [5.74, 6) is 2.24. The summed E-state index contributed by atoms with van der Waals surface area (Å²) in [6.45, 7) is 2.91. The third-order valence-electron chi connectivity index (χ3n) is 9.22. The summed E-state index contributed by atoms with van der Waals surface area (Å²) in [6, 6.07) is 5.23. The second-order valence-electron chi connectivity index (χ2n) is 11.7. The number of fused-ring (bicyclic) bond motifs is 1. The zero-order valence-electron chi connectivity index (χ0n) is 20.7. The molecule has 1 N–H and O–H groups in total. The molecule has 35 heavy (non-hydrogen) atoms. The molecule has 2 heterocycles. The van der Waals surface area contributed by atoms with E-state index in [1.165, 1.54) is 19.3 Å². The number of carbonyl (C=O) groups is 2. The standard InChI is InChI=1S/C28H35N3O4/c1-17-5-18(3-4-25(17)35-2)14-30-16-29-22-15-31(24(27(33)34)9-23(22)30)26(32)13-28-10-19-6-20(11-28)8-21(7-19)12-28/h3-5,16,19-21,24H,6-15H2,1-2H3,(H,33,34). The van der Waals surface area contributed by atoms with E-state index < -0.39 is 12.0 Å². The Morgan fingerprint density at radius 1 is 1.14 bits per heavy atom. The van der Waals surface area contributed by atoms with E-state index in [4.69, 9.17) is 4.74 Å². The number of ether oxygens (including phenoxy) is 1. The highest BCUT2D eigenvalue weighted by molar-refractivity contribution is 5.84. The van der Waals surface area contributed by atoms with Crippen molar-refractivity contribution in [2.24, 2.45) is 23.2 Å². The van der Waals surface area contributed by atoms with Crippen LogP contribution in [0.15, 0.2) is 24.5 Å². The summed E-state index contributed by atoms with van der Waals surface area (Å²) < 4.78 is 7.40. The third kappa shape index (κ3) is 4.03. The lowest BCUT2D eigenvalue weighted by Gasteiger charge is -2.57. The first-order chi connectivity index (χ1) is 16.8. The largest absolute Gasteiger partial charge is 0.496 e. The van der Waals surface area contributed by atoms with E-state index >= 15 is 0 Å². The fraction of sp³-hybridized carbons (Fsp3) is 0.607. The average Bonchev–Trinajstić information content (AvgIpc) is 3.19. The maximum Gasteiger partial charge on any atom is 0.326 e. The Bertz CT molecular complexity index is 1130. The highest BCUT2D eigenvalue weighted by atomic mass is 16.5. The molecule has 0 radical (unpaired) electrons. The van der Waals surface area contributed by atoms with Crippen molar-refractivity contribution in [2.75, 3.05) is 7.11 Å². The molecule has 1 atom stereocenters. The van der Waals surface area contributed by atoms with Crippen LogP contribution in [-0.4, -0.2) is 44.6 Å². The topological polar surface area (TPSA) is 84.7 Å². The van der Waals surface area contributed by atoms with Gasteiger partial charge in [0, 0.05) is 25.1 Å². The zero-order chi connectivity index (χ0) is 24.3. The third-order valence-corrected chi connectivity index (χ3v) is 9.22. The van der Waals surface area contributed by atoms with E-state index in [0.29, 0.717) is 19.4 Å². The fourth-order valence-electron chi connectivity index (χ4n) is 8.16. The number of carboxylic acids is 1. The summed E-state index contributed by atoms with van der Waals surface area (Å²) in [5.41, 5.74) is 4.01. The summed E-state index contributed by atoms with van der Waals surface area (Å²) in [4.78, 5) is 32.2. The van der Waals surface area contributed by atoms with Crippen molar-refractivity contribution in [3.05, 3.63) is 47.0 Å². The molecule has 7 rings (SSSR count). The molecule has 1 aliphatic heterocycles. The molecular weight excluding hydrogens is 442 g/mol. The van der Waals surface area contributed by atoms with Crippen molar-refractivity contribution < 1.29 is 19.4 Å². The quantitative estimate of drug-likeness (QED) is 0.674. The monoisotopic (exact) mass is 477 g/mol. The number of methoxy groups -OCH3 is 1. The number of benzene rings is 1. The molecule has 7 nitrogen and oxygen atoms in total. The number of aliphatic carboxylic acids is 1. The van der Waals surface area contributed by atoms with Gasteiger partial charge in [-0.1, -0.05) is 12.1 Å². The average molecular weight is 478 g/mol. The molecule has 4 fully saturated rings. The summed E-state index contributed by atoms with van der Waals surface area (Å²) >= 11 is 0. The first-order valence-corrected chi connectivity index (χ1v) is 13.0. The Hall–Kier alpha value is -2.83. The molecule has 5 aliphatic rings. The molecule has 1 aromatic heterocycles. The molecule has 186 valence electrons. The maximum atomic E-state index is 13.6. The number of aryl methyl sites for hydroxylation is 1. The van der Waals surface area contributed by atoms with E-state index in [1.54, 1.807) is 18.3 Å². The Labute approximate surface area is 206 Å². The van der Waals surface area contributed by atoms with Crippen molar-refractivity contribution >= 4 is 11.9 Å². The van der Waals surface area contributed by atoms with E-state index in [1.807, 2.05) is 23.6 Å². The number of hydrogen-bond acceptors (Lipinski definition) is 4. The molecule has 4 bridgehead atoms. The minimum Gasteiger partial charge on any atom is -0.496 e. The van der Waals surface area contributed by atoms with Crippen LogP contribution in [0.1, 0.15) is 67.5 Å². The first kappa shape index (κ1) is 22.6. The molecule has 1 aromatic carbocycles. The van der Waals surface area contributed by atoms with E-state index in [0.717, 1.165) is 65.3 Å². The number of carbonyl (C=O) groups excluding carboxylic acids is 1. The molecule has 7 heteroatoms. The Morgan fingerprint density at radius 2 is 1.83 bits per heavy atom. The summed E-state index contributed by atoms with van der Waals surface area (Å²) in [5, 5.41) is 10.1. The van der Waals surface area contributed by atoms with Gasteiger partial charge in [0.15, 0.2) is 0 Å². The van der Waals surface area contributed by atoms with Gasteiger partial charge < -0.3 is 19.3 Å². The number of imidazole rings is 1. The molecular formula is C28H35N3O4. The lowest BCUT2D eigenvalue weighted by molar-refractivity contribution is -0.155. The van der Waals surface area contributed by atoms with Gasteiger partial charge in [0.2, 0.25) is 5.91 Å². The maximum absolute atomic E-state index is 13.6. The highest BCUT2D eigenvalue weighted by Gasteiger charge is 2.52. The van der Waals surface area contributed by atoms with Crippen molar-refractivity contribution in [3.8, 4) is 5.75 Å². The van der Waals surface area contributed by atoms with Gasteiger partial charge >= 0.3 is 5.97 Å². The molecule has 2 aromatic rings. The van der Waals surface area contributed by atoms with Crippen LogP contribution in [0.25, 0.3) is 0 Å². The van der Waals surface area contributed by atoms with Crippen molar-refractivity contribution in [3.63, 3.8) is 0 Å². The molecule has 0 saturated heterocycles. The Morgan fingerprint density at radius 3 is 2.43 bits per heavy atom. The number of carboxylic acid groups (broad SMARTS) is 1. The second kappa shape index (κ2) is 8.38. The van der Waals surface area contributed by atoms with Gasteiger partial charge in [0.25, 0.3) is 0 Å². The molecule has 4 saturated carbocycles. The Kier molecular flexibility index (Phi) is 5.42. The number of hydrogen-bond donors (Lipinski definition) is 1. The lowest BCUT2D eigenvalue weighted by Crippen LogP contribution is -2.52. The SMILES string of the molecule is COc1ccc(Cn2cnc3c2CC(C(=O)O)N(C(=O)CC24CC5CC(CC(C5)C2)C4)C3)cc1C. The smallest absolute Gasteiger partial charge is 0.326 e. The van der Waals surface area contributed by atoms with Crippen molar-refractivity contribution in [2.45, 2.75) is 77.4 Å². The normalized spacial score (nSPS) is 30.9. The second-order valence-corrected chi connectivity index (χ2v) is 11.7. The highest BCUT2D eigenvalue weighted by Crippen LogP contribution is 2.61. The number of aromatic nitrogens is 2. The summed E-state index contributed by atoms with van der Waals surface area (Å²) in [7, 11) is 1.66. The van der Waals surface area contributed by atoms with Gasteiger partial charge in [-0.05, 0) is 85.8 Å². The van der Waals surface area contributed by atoms with Gasteiger partial charge in [0.05, 0.1) is 25.7 Å². The van der Waals surface area contributed by atoms with Gasteiger partial charge in [-0.25, -0.2) is 9.78 Å². The van der Waals surface area contributed by atoms with Crippen LogP contribution in [0.3, 0.4) is 0 Å². The van der Waals surface area contributed by atoms with Crippen LogP contribution in [0.5, 0.6) is 5.75 Å². The minimum atomic E-state index is -0.928. The van der Waals surface area contributed by atoms with Crippen molar-refractivity contribution in [1.82, 2.24) is 14.5 Å². The first-order valence-electron chi connectivity index (χ1n) is 13.0. The summed E-state index contributed by atoms with van der Waals surface area (Å²) in [6.07, 6.45) is 10.0. The predicted molar refractivity (Wildman–Crippen MR) is 130 cm³/mol. The van der Waals surface area contributed by atoms with Gasteiger partial charge in [0.1, 0.15) is 11.8 Å². The van der Waals surface area contributed by atoms with Crippen LogP contribution < -0.4 is 4.74 Å². The lowest BCUT2D eigenvalue weighted by atomic mass is 9.49. The number of nitrogens with zero attached hydrogens (tertiary/aromatic N) is 3. The Balaban J connectivity index is 1.21. The van der Waals surface area contributed by atoms with Gasteiger partial charge in [-0.15, -0.1) is 0 Å². The molecule has 0 spiro atoms. The molecule has 1 amide bonds. The minimum absolute atomic E-state index is 0.00493. The van der Waals surface area contributed by atoms with Crippen LogP contribution in [-0.2, 0) is 29.1 Å². The van der Waals surface area contributed by atoms with Gasteiger partial charge in [-0.2, -0.15) is 0 Å². The fourth-order valence-corrected chi connectivity index (χ4v) is 8.16. The van der Waals surface area contributed by atoms with Crippen molar-refractivity contribution in [1.29, 1.82) is 0 Å². The number of amides is 1. The molecule has 1 unspecified atom stereocenters. The van der Waals surface area contributed by atoms with E-state index in [9.17, 15) is 14.7 Å². The zero-order valence-corrected chi connectivity index (χ0v) is 20.7. The number of rotatable bonds is 6. The van der Waals surface area contributed by atoms with Gasteiger partial charge in [-0.3, -0.25) is 4.79 Å². The van der Waals surface area contributed by atoms with Crippen LogP contribution >= 0.6 is 0 Å². The predicted octanol–water partition coefficient (Wildman–Crippen LogP) is 4.19. The van der Waals surface area contributed by atoms with E-state index in [2.05, 4.69) is 11.1 Å². The van der Waals surface area contributed by atoms with Crippen LogP contribution in [0, 0.1) is 30.1 Å². The van der Waals surface area contributed by atoms with E-state index in [-0.39, 0.29) is 17.9 Å².